The lowest BCUT2D eigenvalue weighted by Crippen LogP contribution is -2.26. The van der Waals surface area contributed by atoms with Crippen LogP contribution in [0.2, 0.25) is 0 Å². The summed E-state index contributed by atoms with van der Waals surface area (Å²) in [5, 5.41) is 0. The van der Waals surface area contributed by atoms with E-state index in [1.165, 1.54) is 24.8 Å². The van der Waals surface area contributed by atoms with E-state index in [-0.39, 0.29) is 0 Å². The third-order valence-corrected chi connectivity index (χ3v) is 5.44. The lowest BCUT2D eigenvalue weighted by molar-refractivity contribution is 0.208. The molecule has 0 saturated heterocycles. The van der Waals surface area contributed by atoms with E-state index < -0.39 is 0 Å². The molecule has 1 aromatic heterocycles. The van der Waals surface area contributed by atoms with Crippen molar-refractivity contribution in [3.8, 4) is 0 Å². The Kier molecular flexibility index (Phi) is 4.60. The summed E-state index contributed by atoms with van der Waals surface area (Å²) in [7, 11) is 0. The Balaban J connectivity index is 2.08. The second kappa shape index (κ2) is 6.29. The number of hydrogen-bond acceptors (Lipinski definition) is 1. The van der Waals surface area contributed by atoms with Crippen molar-refractivity contribution in [2.24, 2.45) is 11.8 Å². The van der Waals surface area contributed by atoms with Crippen molar-refractivity contribution >= 4 is 38.6 Å². The number of aromatic nitrogens is 2. The zero-order valence-corrected chi connectivity index (χ0v) is 15.0. The van der Waals surface area contributed by atoms with E-state index in [1.54, 1.807) is 0 Å². The summed E-state index contributed by atoms with van der Waals surface area (Å²) in [5.41, 5.74) is 2.33. The summed E-state index contributed by atoms with van der Waals surface area (Å²) in [4.78, 5) is 4.84. The fourth-order valence-electron chi connectivity index (χ4n) is 3.79. The number of nitrogens with zero attached hydrogens (tertiary/aromatic N) is 2. The van der Waals surface area contributed by atoms with Crippen molar-refractivity contribution in [3.05, 3.63) is 28.5 Å². The van der Waals surface area contributed by atoms with Crippen LogP contribution in [0.5, 0.6) is 0 Å². The number of fused-ring (bicyclic) bond motifs is 1. The molecule has 0 N–H and O–H groups in total. The first-order valence-corrected chi connectivity index (χ1v) is 9.15. The molecule has 1 fully saturated rings. The molecule has 0 aliphatic heterocycles. The van der Waals surface area contributed by atoms with Crippen LogP contribution in [0.1, 0.15) is 45.0 Å². The van der Waals surface area contributed by atoms with Gasteiger partial charge in [-0.25, -0.2) is 4.98 Å². The van der Waals surface area contributed by atoms with Gasteiger partial charge in [0.05, 0.1) is 11.0 Å². The number of benzene rings is 1. The smallest absolute Gasteiger partial charge is 0.111 e. The van der Waals surface area contributed by atoms with Gasteiger partial charge in [0.2, 0.25) is 0 Å². The molecule has 1 saturated carbocycles. The van der Waals surface area contributed by atoms with E-state index >= 15 is 0 Å². The van der Waals surface area contributed by atoms with Gasteiger partial charge < -0.3 is 4.57 Å². The van der Waals surface area contributed by atoms with Crippen LogP contribution in [0.15, 0.2) is 22.7 Å². The normalized spacial score (nSPS) is 26.4. The minimum atomic E-state index is 0.561. The highest BCUT2D eigenvalue weighted by atomic mass is 79.9. The SMILES string of the molecule is CC1CCC(n2c(CCCl)nc3cc(Br)ccc32)C(C)C1. The fraction of sp³-hybridized carbons (Fsp3) is 0.588. The molecule has 3 rings (SSSR count). The van der Waals surface area contributed by atoms with E-state index in [0.29, 0.717) is 17.8 Å². The van der Waals surface area contributed by atoms with Gasteiger partial charge in [0.25, 0.3) is 0 Å². The first kappa shape index (κ1) is 15.4. The minimum absolute atomic E-state index is 0.561. The topological polar surface area (TPSA) is 17.8 Å². The van der Waals surface area contributed by atoms with Gasteiger partial charge in [-0.2, -0.15) is 0 Å². The molecule has 3 unspecified atom stereocenters. The van der Waals surface area contributed by atoms with Gasteiger partial charge in [0.1, 0.15) is 5.82 Å². The second-order valence-electron chi connectivity index (χ2n) is 6.43. The van der Waals surface area contributed by atoms with Crippen molar-refractivity contribution in [2.45, 2.75) is 45.6 Å². The Morgan fingerprint density at radius 3 is 2.86 bits per heavy atom. The molecule has 1 aliphatic rings. The molecule has 1 heterocycles. The quantitative estimate of drug-likeness (QED) is 0.646. The predicted octanol–water partition coefficient (Wildman–Crippen LogP) is 5.58. The third-order valence-electron chi connectivity index (χ3n) is 4.76. The van der Waals surface area contributed by atoms with Crippen LogP contribution in [0.3, 0.4) is 0 Å². The molecule has 3 atom stereocenters. The van der Waals surface area contributed by atoms with Crippen LogP contribution in [-0.2, 0) is 6.42 Å². The molecule has 4 heteroatoms. The molecular weight excluding hydrogens is 348 g/mol. The number of hydrogen-bond donors (Lipinski definition) is 0. The summed E-state index contributed by atoms with van der Waals surface area (Å²) in [5.74, 6) is 3.31. The zero-order chi connectivity index (χ0) is 15.0. The van der Waals surface area contributed by atoms with Crippen LogP contribution in [0.4, 0.5) is 0 Å². The van der Waals surface area contributed by atoms with Crippen LogP contribution in [0.25, 0.3) is 11.0 Å². The standard InChI is InChI=1S/C17H22BrClN2/c1-11-3-5-15(12(2)9-11)21-16-6-4-13(18)10-14(16)20-17(21)7-8-19/h4,6,10-12,15H,3,5,7-9H2,1-2H3. The molecule has 1 aromatic carbocycles. The Labute approximate surface area is 140 Å². The monoisotopic (exact) mass is 368 g/mol. The Morgan fingerprint density at radius 2 is 2.14 bits per heavy atom. The second-order valence-corrected chi connectivity index (χ2v) is 7.73. The van der Waals surface area contributed by atoms with E-state index in [1.807, 2.05) is 0 Å². The van der Waals surface area contributed by atoms with Gasteiger partial charge in [-0.15, -0.1) is 11.6 Å². The summed E-state index contributed by atoms with van der Waals surface area (Å²) in [6, 6.07) is 6.97. The Morgan fingerprint density at radius 1 is 1.33 bits per heavy atom. The van der Waals surface area contributed by atoms with E-state index in [4.69, 9.17) is 16.6 Å². The third kappa shape index (κ3) is 3.00. The molecule has 114 valence electrons. The number of alkyl halides is 1. The van der Waals surface area contributed by atoms with Crippen LogP contribution in [-0.4, -0.2) is 15.4 Å². The zero-order valence-electron chi connectivity index (χ0n) is 12.6. The summed E-state index contributed by atoms with van der Waals surface area (Å²) in [6.07, 6.45) is 4.71. The molecule has 0 spiro atoms. The summed E-state index contributed by atoms with van der Waals surface area (Å²) >= 11 is 9.55. The van der Waals surface area contributed by atoms with Crippen molar-refractivity contribution in [1.29, 1.82) is 0 Å². The molecule has 2 nitrogen and oxygen atoms in total. The van der Waals surface area contributed by atoms with Gasteiger partial charge in [-0.3, -0.25) is 0 Å². The predicted molar refractivity (Wildman–Crippen MR) is 93.1 cm³/mol. The van der Waals surface area contributed by atoms with Crippen LogP contribution in [0, 0.1) is 11.8 Å². The molecule has 0 bridgehead atoms. The Hall–Kier alpha value is -0.540. The molecule has 0 amide bonds. The summed E-state index contributed by atoms with van der Waals surface area (Å²) in [6.45, 7) is 4.75. The average Bonchev–Trinajstić information content (AvgIpc) is 2.76. The molecule has 21 heavy (non-hydrogen) atoms. The maximum atomic E-state index is 6.00. The maximum Gasteiger partial charge on any atom is 0.111 e. The average molecular weight is 370 g/mol. The molecule has 1 aliphatic carbocycles. The minimum Gasteiger partial charge on any atom is -0.325 e. The molecule has 2 aromatic rings. The van der Waals surface area contributed by atoms with Crippen molar-refractivity contribution in [2.75, 3.05) is 5.88 Å². The van der Waals surface area contributed by atoms with Gasteiger partial charge in [0, 0.05) is 22.8 Å². The lowest BCUT2D eigenvalue weighted by Gasteiger charge is -2.34. The summed E-state index contributed by atoms with van der Waals surface area (Å²) < 4.78 is 3.56. The highest BCUT2D eigenvalue weighted by Gasteiger charge is 2.29. The highest BCUT2D eigenvalue weighted by molar-refractivity contribution is 9.10. The number of aryl methyl sites for hydroxylation is 1. The molecule has 0 radical (unpaired) electrons. The first-order valence-electron chi connectivity index (χ1n) is 7.82. The molecular formula is C17H22BrClN2. The van der Waals surface area contributed by atoms with Gasteiger partial charge in [-0.1, -0.05) is 29.8 Å². The largest absolute Gasteiger partial charge is 0.325 e. The number of imidazole rings is 1. The van der Waals surface area contributed by atoms with Crippen molar-refractivity contribution in [3.63, 3.8) is 0 Å². The van der Waals surface area contributed by atoms with E-state index in [2.05, 4.69) is 52.5 Å². The van der Waals surface area contributed by atoms with Crippen molar-refractivity contribution < 1.29 is 0 Å². The first-order chi connectivity index (χ1) is 10.1. The fourth-order valence-corrected chi connectivity index (χ4v) is 4.30. The van der Waals surface area contributed by atoms with Gasteiger partial charge in [0.15, 0.2) is 0 Å². The van der Waals surface area contributed by atoms with Crippen LogP contribution < -0.4 is 0 Å². The van der Waals surface area contributed by atoms with E-state index in [0.717, 1.165) is 28.2 Å². The number of rotatable bonds is 3. The van der Waals surface area contributed by atoms with Gasteiger partial charge >= 0.3 is 0 Å². The maximum absolute atomic E-state index is 6.00. The van der Waals surface area contributed by atoms with Crippen LogP contribution >= 0.6 is 27.5 Å². The van der Waals surface area contributed by atoms with Crippen molar-refractivity contribution in [1.82, 2.24) is 9.55 Å². The lowest BCUT2D eigenvalue weighted by atomic mass is 9.79. The Bertz CT molecular complexity index is 637. The van der Waals surface area contributed by atoms with E-state index in [9.17, 15) is 0 Å². The number of halogens is 2. The van der Waals surface area contributed by atoms with Gasteiger partial charge in [-0.05, 0) is 49.3 Å². The highest BCUT2D eigenvalue weighted by Crippen LogP contribution is 2.39.